The second-order valence-corrected chi connectivity index (χ2v) is 8.17. The molecule has 2 aliphatic carbocycles. The first-order chi connectivity index (χ1) is 12.1. The van der Waals surface area contributed by atoms with E-state index in [1.165, 1.54) is 0 Å². The van der Waals surface area contributed by atoms with Gasteiger partial charge >= 0.3 is 5.97 Å². The molecule has 1 saturated carbocycles. The Morgan fingerprint density at radius 2 is 2.16 bits per heavy atom. The summed E-state index contributed by atoms with van der Waals surface area (Å²) in [6.07, 6.45) is 11.2. The van der Waals surface area contributed by atoms with Gasteiger partial charge in [0.15, 0.2) is 6.29 Å². The van der Waals surface area contributed by atoms with Gasteiger partial charge in [-0.2, -0.15) is 0 Å². The van der Waals surface area contributed by atoms with Crippen LogP contribution in [0.15, 0.2) is 46.8 Å². The van der Waals surface area contributed by atoms with E-state index in [0.29, 0.717) is 12.5 Å². The van der Waals surface area contributed by atoms with Crippen molar-refractivity contribution in [2.75, 3.05) is 6.61 Å². The number of fused-ring (bicyclic) bond motifs is 1. The number of carbonyl (C=O) groups excluding carboxylic acids is 1. The quantitative estimate of drug-likeness (QED) is 0.735. The summed E-state index contributed by atoms with van der Waals surface area (Å²) in [4.78, 5) is 12.3. The van der Waals surface area contributed by atoms with Crippen molar-refractivity contribution in [1.82, 2.24) is 0 Å². The van der Waals surface area contributed by atoms with Crippen LogP contribution in [0.25, 0.3) is 0 Å². The SMILES string of the molecule is C[C@@H]1[C@@H]2C[C@@]34COC(=O)C3=CC=C[C@H]4[C@@]13C[C@H](c1ccoc1)OC3O2. The number of furan rings is 1. The van der Waals surface area contributed by atoms with E-state index in [9.17, 15) is 4.79 Å². The number of allylic oxidation sites excluding steroid dienone is 3. The van der Waals surface area contributed by atoms with Crippen molar-refractivity contribution < 1.29 is 23.4 Å². The number of hydrogen-bond donors (Lipinski definition) is 0. The van der Waals surface area contributed by atoms with Gasteiger partial charge in [0.25, 0.3) is 0 Å². The molecule has 0 radical (unpaired) electrons. The molecule has 1 aromatic rings. The molecule has 1 unspecified atom stereocenters. The lowest BCUT2D eigenvalue weighted by molar-refractivity contribution is -0.149. The second-order valence-electron chi connectivity index (χ2n) is 8.17. The average Bonchev–Trinajstić information content (AvgIpc) is 3.34. The maximum absolute atomic E-state index is 12.3. The van der Waals surface area contributed by atoms with E-state index < -0.39 is 0 Å². The highest BCUT2D eigenvalue weighted by molar-refractivity contribution is 5.93. The minimum Gasteiger partial charge on any atom is -0.472 e. The largest absolute Gasteiger partial charge is 0.472 e. The zero-order valence-corrected chi connectivity index (χ0v) is 14.0. The van der Waals surface area contributed by atoms with Gasteiger partial charge in [0.2, 0.25) is 0 Å². The van der Waals surface area contributed by atoms with Crippen molar-refractivity contribution in [3.63, 3.8) is 0 Å². The van der Waals surface area contributed by atoms with Crippen LogP contribution in [0.4, 0.5) is 0 Å². The van der Waals surface area contributed by atoms with Crippen LogP contribution in [0.1, 0.15) is 31.4 Å². The van der Waals surface area contributed by atoms with Crippen LogP contribution in [0, 0.1) is 22.7 Å². The molecule has 4 heterocycles. The summed E-state index contributed by atoms with van der Waals surface area (Å²) in [7, 11) is 0. The summed E-state index contributed by atoms with van der Waals surface area (Å²) in [5.41, 5.74) is 1.50. The Balaban J connectivity index is 1.48. The van der Waals surface area contributed by atoms with Gasteiger partial charge in [-0.15, -0.1) is 0 Å². The molecule has 4 fully saturated rings. The minimum absolute atomic E-state index is 0.0249. The molecule has 25 heavy (non-hydrogen) atoms. The first-order valence-electron chi connectivity index (χ1n) is 9.04. The molecule has 7 atom stereocenters. The van der Waals surface area contributed by atoms with E-state index in [0.717, 1.165) is 24.0 Å². The third-order valence-corrected chi connectivity index (χ3v) is 7.41. The van der Waals surface area contributed by atoms with E-state index in [4.69, 9.17) is 18.6 Å². The lowest BCUT2D eigenvalue weighted by Crippen LogP contribution is -2.54. The summed E-state index contributed by atoms with van der Waals surface area (Å²) in [5.74, 6) is 0.411. The Morgan fingerprint density at radius 1 is 1.24 bits per heavy atom. The first-order valence-corrected chi connectivity index (χ1v) is 9.04. The molecule has 1 aromatic heterocycles. The highest BCUT2D eigenvalue weighted by Crippen LogP contribution is 2.71. The third-order valence-electron chi connectivity index (χ3n) is 7.41. The summed E-state index contributed by atoms with van der Waals surface area (Å²) in [6.45, 7) is 2.74. The summed E-state index contributed by atoms with van der Waals surface area (Å²) >= 11 is 0. The molecule has 3 saturated heterocycles. The van der Waals surface area contributed by atoms with Crippen molar-refractivity contribution in [1.29, 1.82) is 0 Å². The Morgan fingerprint density at radius 3 is 3.00 bits per heavy atom. The highest BCUT2D eigenvalue weighted by Gasteiger charge is 2.73. The monoisotopic (exact) mass is 340 g/mol. The van der Waals surface area contributed by atoms with Gasteiger partial charge < -0.3 is 18.6 Å². The predicted molar refractivity (Wildman–Crippen MR) is 86.1 cm³/mol. The summed E-state index contributed by atoms with van der Waals surface area (Å²) < 4.78 is 23.5. The Labute approximate surface area is 145 Å². The van der Waals surface area contributed by atoms with E-state index >= 15 is 0 Å². The fraction of sp³-hybridized carbons (Fsp3) is 0.550. The smallest absolute Gasteiger partial charge is 0.334 e. The second kappa shape index (κ2) is 4.46. The zero-order chi connectivity index (χ0) is 16.8. The zero-order valence-electron chi connectivity index (χ0n) is 14.0. The van der Waals surface area contributed by atoms with Crippen LogP contribution < -0.4 is 0 Å². The molecule has 0 amide bonds. The van der Waals surface area contributed by atoms with E-state index in [1.54, 1.807) is 12.5 Å². The molecular formula is C20H20O5. The van der Waals surface area contributed by atoms with Gasteiger partial charge in [-0.25, -0.2) is 4.79 Å². The van der Waals surface area contributed by atoms with Crippen molar-refractivity contribution in [2.45, 2.75) is 38.3 Å². The standard InChI is InChI=1S/C20H20O5/c1-11-14-7-19-10-23-17(21)13(19)3-2-4-16(19)20(11)8-15(25-18(20)24-14)12-5-6-22-9-12/h2-6,9,11,14-16,18H,7-8,10H2,1H3/t11-,14+,15-,16-,18?,19-,20-/m1/s1. The fourth-order valence-corrected chi connectivity index (χ4v) is 6.20. The molecule has 2 bridgehead atoms. The van der Waals surface area contributed by atoms with Gasteiger partial charge in [0, 0.05) is 27.9 Å². The molecule has 5 nitrogen and oxygen atoms in total. The number of ether oxygens (including phenoxy) is 3. The van der Waals surface area contributed by atoms with Crippen LogP contribution in [0.5, 0.6) is 0 Å². The van der Waals surface area contributed by atoms with Crippen LogP contribution in [0.3, 0.4) is 0 Å². The molecule has 130 valence electrons. The molecule has 0 aromatic carbocycles. The Kier molecular flexibility index (Phi) is 2.56. The lowest BCUT2D eigenvalue weighted by Gasteiger charge is -2.52. The Bertz CT molecular complexity index is 808. The molecule has 0 N–H and O–H groups in total. The van der Waals surface area contributed by atoms with Gasteiger partial charge in [-0.05, 0) is 24.8 Å². The molecule has 6 rings (SSSR count). The van der Waals surface area contributed by atoms with Crippen molar-refractivity contribution in [2.24, 2.45) is 22.7 Å². The van der Waals surface area contributed by atoms with Crippen LogP contribution >= 0.6 is 0 Å². The van der Waals surface area contributed by atoms with Crippen molar-refractivity contribution in [3.8, 4) is 0 Å². The predicted octanol–water partition coefficient (Wildman–Crippen LogP) is 3.15. The highest BCUT2D eigenvalue weighted by atomic mass is 16.7. The average molecular weight is 340 g/mol. The number of carbonyl (C=O) groups is 1. The Hall–Kier alpha value is -1.85. The molecular weight excluding hydrogens is 320 g/mol. The maximum atomic E-state index is 12.3. The van der Waals surface area contributed by atoms with Crippen molar-refractivity contribution >= 4 is 5.97 Å². The van der Waals surface area contributed by atoms with Crippen LogP contribution in [0.2, 0.25) is 0 Å². The van der Waals surface area contributed by atoms with E-state index in [2.05, 4.69) is 13.0 Å². The van der Waals surface area contributed by atoms with Crippen LogP contribution in [-0.4, -0.2) is 25.0 Å². The van der Waals surface area contributed by atoms with E-state index in [1.807, 2.05) is 18.2 Å². The molecule has 3 aliphatic heterocycles. The van der Waals surface area contributed by atoms with Crippen molar-refractivity contribution in [3.05, 3.63) is 48.0 Å². The first kappa shape index (κ1) is 14.3. The minimum atomic E-state index is -0.258. The third kappa shape index (κ3) is 1.51. The van der Waals surface area contributed by atoms with Gasteiger partial charge in [-0.1, -0.05) is 25.2 Å². The maximum Gasteiger partial charge on any atom is 0.334 e. The van der Waals surface area contributed by atoms with Gasteiger partial charge in [-0.3, -0.25) is 0 Å². The van der Waals surface area contributed by atoms with E-state index in [-0.39, 0.29) is 41.2 Å². The van der Waals surface area contributed by atoms with Crippen LogP contribution in [-0.2, 0) is 19.0 Å². The molecule has 2 spiro atoms. The normalized spacial score (nSPS) is 49.4. The van der Waals surface area contributed by atoms with Gasteiger partial charge in [0.05, 0.1) is 24.7 Å². The fourth-order valence-electron chi connectivity index (χ4n) is 6.20. The summed E-state index contributed by atoms with van der Waals surface area (Å²) in [5, 5.41) is 0. The lowest BCUT2D eigenvalue weighted by atomic mass is 9.48. The topological polar surface area (TPSA) is 57.9 Å². The molecule has 5 heteroatoms. The number of esters is 1. The number of rotatable bonds is 1. The molecule has 5 aliphatic rings. The number of hydrogen-bond acceptors (Lipinski definition) is 5. The summed E-state index contributed by atoms with van der Waals surface area (Å²) in [6, 6.07) is 1.97. The number of cyclic esters (lactones) is 1. The van der Waals surface area contributed by atoms with Gasteiger partial charge in [0.1, 0.15) is 6.61 Å².